The molecule has 162 valence electrons. The van der Waals surface area contributed by atoms with Crippen LogP contribution in [0.1, 0.15) is 22.8 Å². The molecule has 0 saturated carbocycles. The van der Waals surface area contributed by atoms with Gasteiger partial charge in [-0.2, -0.15) is 0 Å². The number of amides is 1. The largest absolute Gasteiger partial charge is 0.449 e. The zero-order valence-electron chi connectivity index (χ0n) is 16.8. The van der Waals surface area contributed by atoms with E-state index in [2.05, 4.69) is 5.32 Å². The minimum Gasteiger partial charge on any atom is -0.449 e. The van der Waals surface area contributed by atoms with Crippen LogP contribution >= 0.6 is 11.6 Å². The number of ether oxygens (including phenoxy) is 1. The molecule has 30 heavy (non-hydrogen) atoms. The molecule has 0 fully saturated rings. The number of sulfonamides is 1. The second kappa shape index (κ2) is 10.5. The van der Waals surface area contributed by atoms with Crippen molar-refractivity contribution in [1.29, 1.82) is 0 Å². The molecule has 0 saturated heterocycles. The lowest BCUT2D eigenvalue weighted by Gasteiger charge is -2.16. The number of carbonyl (C=O) groups excluding carboxylic acids is 2. The lowest BCUT2D eigenvalue weighted by molar-refractivity contribution is -0.129. The lowest BCUT2D eigenvalue weighted by Crippen LogP contribution is -2.37. The summed E-state index contributed by atoms with van der Waals surface area (Å²) < 4.78 is 30.6. The van der Waals surface area contributed by atoms with Gasteiger partial charge in [0.05, 0.1) is 17.7 Å². The Labute approximate surface area is 180 Å². The third kappa shape index (κ3) is 6.02. The number of benzene rings is 2. The molecule has 1 unspecified atom stereocenters. The van der Waals surface area contributed by atoms with E-state index in [0.29, 0.717) is 17.4 Å². The predicted molar refractivity (Wildman–Crippen MR) is 111 cm³/mol. The number of rotatable bonds is 9. The minimum atomic E-state index is -4.07. The van der Waals surface area contributed by atoms with E-state index < -0.39 is 28.0 Å². The van der Waals surface area contributed by atoms with Crippen molar-refractivity contribution in [3.63, 3.8) is 0 Å². The lowest BCUT2D eigenvalue weighted by atomic mass is 10.1. The van der Waals surface area contributed by atoms with E-state index in [-0.39, 0.29) is 15.5 Å². The molecule has 0 aromatic heterocycles. The van der Waals surface area contributed by atoms with Crippen molar-refractivity contribution in [3.8, 4) is 0 Å². The van der Waals surface area contributed by atoms with Gasteiger partial charge in [-0.1, -0.05) is 46.4 Å². The van der Waals surface area contributed by atoms with Crippen molar-refractivity contribution < 1.29 is 27.6 Å². The number of halogens is 1. The highest BCUT2D eigenvalue weighted by atomic mass is 35.5. The standard InChI is InChI=1S/C20H23ClN2O6S/c1-14(19(24)22-12-11-15-7-5-4-6-8-15)29-20(25)16-9-10-17(21)18(13-16)30(26,27)23(2)28-3/h4-10,13-14H,11-12H2,1-3H3,(H,22,24). The highest BCUT2D eigenvalue weighted by Crippen LogP contribution is 2.25. The van der Waals surface area contributed by atoms with Crippen LogP contribution in [-0.4, -0.2) is 51.6 Å². The Hall–Kier alpha value is -2.46. The van der Waals surface area contributed by atoms with Crippen LogP contribution < -0.4 is 5.32 Å². The zero-order valence-corrected chi connectivity index (χ0v) is 18.4. The normalized spacial score (nSPS) is 12.4. The van der Waals surface area contributed by atoms with Gasteiger partial charge in [-0.15, -0.1) is 0 Å². The van der Waals surface area contributed by atoms with Crippen LogP contribution in [0.4, 0.5) is 0 Å². The first-order chi connectivity index (χ1) is 14.2. The van der Waals surface area contributed by atoms with E-state index in [1.165, 1.54) is 33.2 Å². The Morgan fingerprint density at radius 2 is 1.83 bits per heavy atom. The molecule has 0 aliphatic carbocycles. The first kappa shape index (κ1) is 23.8. The minimum absolute atomic E-state index is 0.0635. The van der Waals surface area contributed by atoms with Gasteiger partial charge in [0.15, 0.2) is 6.10 Å². The molecule has 0 aliphatic heterocycles. The summed E-state index contributed by atoms with van der Waals surface area (Å²) in [5, 5.41) is 2.62. The van der Waals surface area contributed by atoms with Crippen LogP contribution in [0, 0.1) is 0 Å². The highest BCUT2D eigenvalue weighted by Gasteiger charge is 2.26. The number of nitrogens with one attached hydrogen (secondary N) is 1. The summed E-state index contributed by atoms with van der Waals surface area (Å²) in [5.74, 6) is -1.31. The number of carbonyl (C=O) groups is 2. The van der Waals surface area contributed by atoms with Crippen molar-refractivity contribution in [1.82, 2.24) is 9.79 Å². The second-order valence-corrected chi connectivity index (χ2v) is 8.63. The molecule has 2 aromatic carbocycles. The molecule has 0 bridgehead atoms. The molecule has 0 heterocycles. The Kier molecular flexibility index (Phi) is 8.36. The maximum absolute atomic E-state index is 12.4. The van der Waals surface area contributed by atoms with Gasteiger partial charge in [-0.25, -0.2) is 13.2 Å². The van der Waals surface area contributed by atoms with Gasteiger partial charge < -0.3 is 10.1 Å². The van der Waals surface area contributed by atoms with Crippen molar-refractivity contribution >= 4 is 33.5 Å². The maximum atomic E-state index is 12.4. The topological polar surface area (TPSA) is 102 Å². The number of hydrogen-bond donors (Lipinski definition) is 1. The first-order valence-corrected chi connectivity index (χ1v) is 10.8. The van der Waals surface area contributed by atoms with Crippen LogP contribution in [0.25, 0.3) is 0 Å². The third-order valence-electron chi connectivity index (χ3n) is 4.25. The molecule has 1 amide bonds. The zero-order chi connectivity index (χ0) is 22.3. The van der Waals surface area contributed by atoms with E-state index in [0.717, 1.165) is 11.6 Å². The molecular weight excluding hydrogens is 432 g/mol. The van der Waals surface area contributed by atoms with Crippen molar-refractivity contribution in [2.24, 2.45) is 0 Å². The molecule has 0 aliphatic rings. The van der Waals surface area contributed by atoms with Crippen molar-refractivity contribution in [2.45, 2.75) is 24.3 Å². The van der Waals surface area contributed by atoms with Gasteiger partial charge in [0.1, 0.15) is 4.90 Å². The molecule has 8 nitrogen and oxygen atoms in total. The van der Waals surface area contributed by atoms with E-state index >= 15 is 0 Å². The van der Waals surface area contributed by atoms with Crippen LogP contribution in [0.2, 0.25) is 5.02 Å². The molecule has 1 N–H and O–H groups in total. The average molecular weight is 455 g/mol. The highest BCUT2D eigenvalue weighted by molar-refractivity contribution is 7.89. The van der Waals surface area contributed by atoms with Gasteiger partial charge in [0.25, 0.3) is 15.9 Å². The van der Waals surface area contributed by atoms with Crippen LogP contribution in [-0.2, 0) is 30.8 Å². The molecule has 2 aromatic rings. The summed E-state index contributed by atoms with van der Waals surface area (Å²) in [6.45, 7) is 1.82. The summed E-state index contributed by atoms with van der Waals surface area (Å²) in [4.78, 5) is 29.0. The third-order valence-corrected chi connectivity index (χ3v) is 6.41. The molecule has 10 heteroatoms. The fourth-order valence-corrected chi connectivity index (χ4v) is 3.94. The quantitative estimate of drug-likeness (QED) is 0.461. The smallest absolute Gasteiger partial charge is 0.338 e. The SMILES string of the molecule is CON(C)S(=O)(=O)c1cc(C(=O)OC(C)C(=O)NCCc2ccccc2)ccc1Cl. The summed E-state index contributed by atoms with van der Waals surface area (Å²) in [6.07, 6.45) is -0.427. The summed E-state index contributed by atoms with van der Waals surface area (Å²) in [6, 6.07) is 13.3. The monoisotopic (exact) mass is 454 g/mol. The average Bonchev–Trinajstić information content (AvgIpc) is 2.73. The maximum Gasteiger partial charge on any atom is 0.338 e. The summed E-state index contributed by atoms with van der Waals surface area (Å²) in [5.41, 5.74) is 1.00. The Morgan fingerprint density at radius 3 is 2.47 bits per heavy atom. The molecule has 0 spiro atoms. The van der Waals surface area contributed by atoms with E-state index in [1.54, 1.807) is 0 Å². The number of esters is 1. The van der Waals surface area contributed by atoms with Crippen LogP contribution in [0.3, 0.4) is 0 Å². The van der Waals surface area contributed by atoms with Gasteiger partial charge in [0.2, 0.25) is 0 Å². The number of nitrogens with zero attached hydrogens (tertiary/aromatic N) is 1. The fourth-order valence-electron chi connectivity index (χ4n) is 2.47. The molecule has 0 radical (unpaired) electrons. The molecular formula is C20H23ClN2O6S. The number of hydroxylamine groups is 1. The Balaban J connectivity index is 2.01. The second-order valence-electron chi connectivity index (χ2n) is 6.32. The van der Waals surface area contributed by atoms with Gasteiger partial charge >= 0.3 is 5.97 Å². The van der Waals surface area contributed by atoms with Gasteiger partial charge in [0, 0.05) is 13.6 Å². The summed E-state index contributed by atoms with van der Waals surface area (Å²) >= 11 is 5.97. The van der Waals surface area contributed by atoms with Gasteiger partial charge in [-0.05, 0) is 37.1 Å². The Morgan fingerprint density at radius 1 is 1.17 bits per heavy atom. The van der Waals surface area contributed by atoms with Crippen molar-refractivity contribution in [3.05, 3.63) is 64.7 Å². The van der Waals surface area contributed by atoms with E-state index in [9.17, 15) is 18.0 Å². The Bertz CT molecular complexity index is 998. The van der Waals surface area contributed by atoms with E-state index in [4.69, 9.17) is 21.2 Å². The summed E-state index contributed by atoms with van der Waals surface area (Å²) in [7, 11) is -1.69. The van der Waals surface area contributed by atoms with Crippen molar-refractivity contribution in [2.75, 3.05) is 20.7 Å². The van der Waals surface area contributed by atoms with E-state index in [1.807, 2.05) is 30.3 Å². The predicted octanol–water partition coefficient (Wildman–Crippen LogP) is 2.43. The van der Waals surface area contributed by atoms with Gasteiger partial charge in [-0.3, -0.25) is 9.63 Å². The molecule has 1 atom stereocenters. The first-order valence-electron chi connectivity index (χ1n) is 9.02. The fraction of sp³-hybridized carbons (Fsp3) is 0.300. The number of hydrogen-bond acceptors (Lipinski definition) is 6. The van der Waals surface area contributed by atoms with Crippen LogP contribution in [0.15, 0.2) is 53.4 Å². The van der Waals surface area contributed by atoms with Crippen LogP contribution in [0.5, 0.6) is 0 Å². The molecule has 2 rings (SSSR count).